The molecular weight excluding hydrogens is 405 g/mol. The first-order chi connectivity index (χ1) is 11.8. The number of carboxylic acid groups (broad SMARTS) is 1. The van der Waals surface area contributed by atoms with Crippen LogP contribution in [0.25, 0.3) is 17.4 Å². The van der Waals surface area contributed by atoms with Crippen LogP contribution in [0, 0.1) is 0 Å². The quantitative estimate of drug-likeness (QED) is 0.585. The molecule has 0 unspecified atom stereocenters. The fourth-order valence-corrected chi connectivity index (χ4v) is 3.90. The van der Waals surface area contributed by atoms with Gasteiger partial charge in [-0.05, 0) is 30.3 Å². The number of amides is 1. The molecule has 2 aromatic rings. The lowest BCUT2D eigenvalue weighted by molar-refractivity contribution is -0.140. The number of carbonyl (C=O) groups is 2. The van der Waals surface area contributed by atoms with Crippen LogP contribution < -0.4 is 0 Å². The third-order valence-corrected chi connectivity index (χ3v) is 5.19. The first-order valence-corrected chi connectivity index (χ1v) is 8.85. The average Bonchev–Trinajstić information content (AvgIpc) is 3.08. The second kappa shape index (κ2) is 7.21. The van der Waals surface area contributed by atoms with Crippen LogP contribution in [0.15, 0.2) is 39.7 Å². The third-order valence-electron chi connectivity index (χ3n) is 3.26. The van der Waals surface area contributed by atoms with Crippen LogP contribution >= 0.6 is 47.2 Å². The topological polar surface area (TPSA) is 70.8 Å². The summed E-state index contributed by atoms with van der Waals surface area (Å²) in [5.74, 6) is -0.638. The smallest absolute Gasteiger partial charge is 0.323 e. The second-order valence-electron chi connectivity index (χ2n) is 4.99. The molecule has 128 valence electrons. The number of rotatable bonds is 4. The van der Waals surface area contributed by atoms with Gasteiger partial charge in [0.15, 0.2) is 0 Å². The largest absolute Gasteiger partial charge is 0.480 e. The van der Waals surface area contributed by atoms with Crippen molar-refractivity contribution >= 4 is 69.5 Å². The van der Waals surface area contributed by atoms with Crippen molar-refractivity contribution in [3.8, 4) is 11.3 Å². The number of carbonyl (C=O) groups excluding carboxylic acids is 1. The zero-order valence-electron chi connectivity index (χ0n) is 12.4. The van der Waals surface area contributed by atoms with Crippen LogP contribution in [0.2, 0.25) is 10.0 Å². The predicted octanol–water partition coefficient (Wildman–Crippen LogP) is 4.54. The van der Waals surface area contributed by atoms with Crippen molar-refractivity contribution in [3.63, 3.8) is 0 Å². The van der Waals surface area contributed by atoms with E-state index in [2.05, 4.69) is 0 Å². The van der Waals surface area contributed by atoms with Gasteiger partial charge >= 0.3 is 5.97 Å². The average molecular weight is 414 g/mol. The van der Waals surface area contributed by atoms with E-state index in [1.807, 2.05) is 0 Å². The SMILES string of the molecule is O=C(O)CN1C(=O)/C(=C/c2ccc(-c3ccc(Cl)cc3Cl)o2)SC1=S. The van der Waals surface area contributed by atoms with Gasteiger partial charge in [0.2, 0.25) is 0 Å². The molecule has 1 aliphatic heterocycles. The highest BCUT2D eigenvalue weighted by molar-refractivity contribution is 8.26. The normalized spacial score (nSPS) is 16.1. The van der Waals surface area contributed by atoms with Gasteiger partial charge < -0.3 is 9.52 Å². The van der Waals surface area contributed by atoms with Gasteiger partial charge in [0.05, 0.1) is 9.93 Å². The number of halogens is 2. The molecule has 1 aromatic carbocycles. The Labute approximate surface area is 162 Å². The lowest BCUT2D eigenvalue weighted by Crippen LogP contribution is -2.33. The van der Waals surface area contributed by atoms with Crippen molar-refractivity contribution in [2.24, 2.45) is 0 Å². The van der Waals surface area contributed by atoms with E-state index < -0.39 is 18.4 Å². The third kappa shape index (κ3) is 3.90. The second-order valence-corrected chi connectivity index (χ2v) is 7.51. The highest BCUT2D eigenvalue weighted by atomic mass is 35.5. The Hall–Kier alpha value is -1.80. The molecule has 0 aliphatic carbocycles. The number of thiocarbonyl (C=S) groups is 1. The molecule has 1 fully saturated rings. The number of furan rings is 1. The fraction of sp³-hybridized carbons (Fsp3) is 0.0625. The molecule has 1 amide bonds. The van der Waals surface area contributed by atoms with E-state index in [0.29, 0.717) is 32.0 Å². The Morgan fingerprint density at radius 2 is 2.08 bits per heavy atom. The number of thioether (sulfide) groups is 1. The van der Waals surface area contributed by atoms with Gasteiger partial charge in [-0.15, -0.1) is 0 Å². The minimum absolute atomic E-state index is 0.200. The van der Waals surface area contributed by atoms with Crippen molar-refractivity contribution < 1.29 is 19.1 Å². The van der Waals surface area contributed by atoms with E-state index in [1.165, 1.54) is 6.08 Å². The molecule has 1 N–H and O–H groups in total. The predicted molar refractivity (Wildman–Crippen MR) is 102 cm³/mol. The molecule has 0 atom stereocenters. The van der Waals surface area contributed by atoms with Crippen molar-refractivity contribution in [1.82, 2.24) is 4.90 Å². The van der Waals surface area contributed by atoms with Crippen LogP contribution in [-0.2, 0) is 9.59 Å². The summed E-state index contributed by atoms with van der Waals surface area (Å²) < 4.78 is 5.90. The first-order valence-electron chi connectivity index (χ1n) is 6.87. The van der Waals surface area contributed by atoms with Crippen LogP contribution in [0.3, 0.4) is 0 Å². The van der Waals surface area contributed by atoms with Crippen LogP contribution in [-0.4, -0.2) is 32.7 Å². The molecule has 2 heterocycles. The van der Waals surface area contributed by atoms with Gasteiger partial charge in [0, 0.05) is 16.7 Å². The molecule has 0 bridgehead atoms. The number of nitrogens with zero attached hydrogens (tertiary/aromatic N) is 1. The molecule has 25 heavy (non-hydrogen) atoms. The summed E-state index contributed by atoms with van der Waals surface area (Å²) in [5.41, 5.74) is 0.671. The summed E-state index contributed by atoms with van der Waals surface area (Å²) in [6.07, 6.45) is 1.52. The van der Waals surface area contributed by atoms with Gasteiger partial charge in [0.1, 0.15) is 22.4 Å². The number of carboxylic acids is 1. The van der Waals surface area contributed by atoms with E-state index in [1.54, 1.807) is 30.3 Å². The summed E-state index contributed by atoms with van der Waals surface area (Å²) in [6, 6.07) is 8.45. The molecule has 1 aromatic heterocycles. The summed E-state index contributed by atoms with van der Waals surface area (Å²) in [4.78, 5) is 24.4. The van der Waals surface area contributed by atoms with Crippen molar-refractivity contribution in [1.29, 1.82) is 0 Å². The monoisotopic (exact) mass is 413 g/mol. The molecule has 1 saturated heterocycles. The van der Waals surface area contributed by atoms with Gasteiger partial charge in [0.25, 0.3) is 5.91 Å². The zero-order valence-corrected chi connectivity index (χ0v) is 15.5. The van der Waals surface area contributed by atoms with Crippen molar-refractivity contribution in [3.05, 3.63) is 51.0 Å². The summed E-state index contributed by atoms with van der Waals surface area (Å²) in [7, 11) is 0. The maximum absolute atomic E-state index is 12.2. The number of aliphatic carboxylic acids is 1. The van der Waals surface area contributed by atoms with Gasteiger partial charge in [-0.1, -0.05) is 47.2 Å². The van der Waals surface area contributed by atoms with Crippen LogP contribution in [0.5, 0.6) is 0 Å². The van der Waals surface area contributed by atoms with Crippen LogP contribution in [0.4, 0.5) is 0 Å². The molecule has 3 rings (SSSR count). The van der Waals surface area contributed by atoms with Gasteiger partial charge in [-0.2, -0.15) is 0 Å². The van der Waals surface area contributed by atoms with E-state index >= 15 is 0 Å². The summed E-state index contributed by atoms with van der Waals surface area (Å²) in [5, 5.41) is 9.80. The minimum atomic E-state index is -1.13. The Balaban J connectivity index is 1.86. The van der Waals surface area contributed by atoms with E-state index in [4.69, 9.17) is 44.9 Å². The maximum Gasteiger partial charge on any atom is 0.323 e. The molecule has 0 saturated carbocycles. The minimum Gasteiger partial charge on any atom is -0.480 e. The molecule has 0 spiro atoms. The fourth-order valence-electron chi connectivity index (χ4n) is 2.17. The van der Waals surface area contributed by atoms with Gasteiger partial charge in [-0.25, -0.2) is 0 Å². The summed E-state index contributed by atoms with van der Waals surface area (Å²) in [6.45, 7) is -0.466. The van der Waals surface area contributed by atoms with Crippen LogP contribution in [0.1, 0.15) is 5.76 Å². The van der Waals surface area contributed by atoms with Gasteiger partial charge in [-0.3, -0.25) is 14.5 Å². The van der Waals surface area contributed by atoms with E-state index in [9.17, 15) is 9.59 Å². The lowest BCUT2D eigenvalue weighted by atomic mass is 10.2. The Kier molecular flexibility index (Phi) is 5.19. The van der Waals surface area contributed by atoms with Crippen molar-refractivity contribution in [2.75, 3.05) is 6.54 Å². The molecular formula is C16H9Cl2NO4S2. The highest BCUT2D eigenvalue weighted by Gasteiger charge is 2.33. The Morgan fingerprint density at radius 1 is 1.32 bits per heavy atom. The number of hydrogen-bond acceptors (Lipinski definition) is 5. The maximum atomic E-state index is 12.2. The van der Waals surface area contributed by atoms with E-state index in [-0.39, 0.29) is 4.32 Å². The van der Waals surface area contributed by atoms with Crippen molar-refractivity contribution in [2.45, 2.75) is 0 Å². The molecule has 0 radical (unpaired) electrons. The standard InChI is InChI=1S/C16H9Cl2NO4S2/c17-8-1-3-10(11(18)5-8)12-4-2-9(23-12)6-13-15(22)19(7-14(20)21)16(24)25-13/h1-6H,7H2,(H,20,21)/b13-6-. The Bertz CT molecular complexity index is 923. The zero-order chi connectivity index (χ0) is 18.1. The number of hydrogen-bond donors (Lipinski definition) is 1. The Morgan fingerprint density at radius 3 is 2.76 bits per heavy atom. The molecule has 5 nitrogen and oxygen atoms in total. The number of benzene rings is 1. The summed E-state index contributed by atoms with van der Waals surface area (Å²) >= 11 is 18.1. The highest BCUT2D eigenvalue weighted by Crippen LogP contribution is 2.35. The molecule has 1 aliphatic rings. The molecule has 9 heteroatoms. The lowest BCUT2D eigenvalue weighted by Gasteiger charge is -2.09. The first kappa shape index (κ1) is 18.0. The van der Waals surface area contributed by atoms with E-state index in [0.717, 1.165) is 16.7 Å².